The van der Waals surface area contributed by atoms with E-state index in [1.165, 1.54) is 23.4 Å². The lowest BCUT2D eigenvalue weighted by Gasteiger charge is -2.32. The smallest absolute Gasteiger partial charge is 0.396 e. The Morgan fingerprint density at radius 2 is 1.93 bits per heavy atom. The van der Waals surface area contributed by atoms with E-state index in [1.807, 2.05) is 4.68 Å². The Balaban J connectivity index is 1.57. The van der Waals surface area contributed by atoms with Gasteiger partial charge in [0.15, 0.2) is 0 Å². The summed E-state index contributed by atoms with van der Waals surface area (Å²) in [5, 5.41) is 17.0. The van der Waals surface area contributed by atoms with Gasteiger partial charge in [-0.15, -0.1) is 11.8 Å². The first-order valence-corrected chi connectivity index (χ1v) is 16.2. The van der Waals surface area contributed by atoms with Crippen molar-refractivity contribution in [3.63, 3.8) is 0 Å². The van der Waals surface area contributed by atoms with Gasteiger partial charge in [0.25, 0.3) is 0 Å². The zero-order valence-corrected chi connectivity index (χ0v) is 24.3. The van der Waals surface area contributed by atoms with E-state index in [4.69, 9.17) is 5.10 Å². The first kappa shape index (κ1) is 30.8. The van der Waals surface area contributed by atoms with Gasteiger partial charge in [-0.25, -0.2) is 8.42 Å². The van der Waals surface area contributed by atoms with E-state index in [2.05, 4.69) is 10.2 Å². The highest BCUT2D eigenvalue weighted by molar-refractivity contribution is 7.99. The molecule has 0 aliphatic carbocycles. The maximum atomic E-state index is 13.6. The van der Waals surface area contributed by atoms with Crippen LogP contribution in [0.15, 0.2) is 23.1 Å². The largest absolute Gasteiger partial charge is 0.417 e. The summed E-state index contributed by atoms with van der Waals surface area (Å²) in [4.78, 5) is 13.7. The molecule has 2 aromatic rings. The molecule has 1 aromatic carbocycles. The van der Waals surface area contributed by atoms with Crippen molar-refractivity contribution in [3.05, 3.63) is 35.0 Å². The number of nitrogens with zero attached hydrogens (tertiary/aromatic N) is 4. The number of amides is 1. The van der Waals surface area contributed by atoms with Crippen LogP contribution in [0.25, 0.3) is 11.3 Å². The summed E-state index contributed by atoms with van der Waals surface area (Å²) < 4.78 is 68.8. The molecule has 0 radical (unpaired) electrons. The summed E-state index contributed by atoms with van der Waals surface area (Å²) in [5.74, 6) is 0.0996. The molecule has 0 unspecified atom stereocenters. The highest BCUT2D eigenvalue weighted by atomic mass is 32.2. The predicted molar refractivity (Wildman–Crippen MR) is 147 cm³/mol. The second kappa shape index (κ2) is 12.8. The number of thioether (sulfide) groups is 1. The molecular weight excluding hydrogens is 567 g/mol. The summed E-state index contributed by atoms with van der Waals surface area (Å²) in [7, 11) is -3.47. The van der Waals surface area contributed by atoms with Gasteiger partial charge in [-0.1, -0.05) is 6.07 Å². The van der Waals surface area contributed by atoms with Crippen molar-refractivity contribution in [1.82, 2.24) is 24.3 Å². The lowest BCUT2D eigenvalue weighted by Crippen LogP contribution is -2.44. The number of nitrogens with one attached hydrogen (secondary N) is 1. The van der Waals surface area contributed by atoms with E-state index in [0.717, 1.165) is 68.7 Å². The molecule has 4 rings (SSSR count). The zero-order valence-electron chi connectivity index (χ0n) is 22.7. The van der Waals surface area contributed by atoms with Gasteiger partial charge in [-0.2, -0.15) is 22.6 Å². The average Bonchev–Trinajstić information content (AvgIpc) is 3.25. The van der Waals surface area contributed by atoms with Gasteiger partial charge < -0.3 is 15.3 Å². The average molecular weight is 604 g/mol. The van der Waals surface area contributed by atoms with Crippen LogP contribution in [-0.2, 0) is 40.5 Å². The zero-order chi connectivity index (χ0) is 29.1. The first-order chi connectivity index (χ1) is 18.9. The summed E-state index contributed by atoms with van der Waals surface area (Å²) >= 11 is 0.925. The number of piperidine rings is 1. The number of aliphatic hydroxyl groups excluding tert-OH is 1. The van der Waals surface area contributed by atoms with E-state index in [9.17, 15) is 31.5 Å². The van der Waals surface area contributed by atoms with Gasteiger partial charge in [0.2, 0.25) is 15.9 Å². The van der Waals surface area contributed by atoms with Crippen LogP contribution >= 0.6 is 11.8 Å². The minimum absolute atomic E-state index is 0.000735. The molecule has 1 saturated heterocycles. The molecule has 2 N–H and O–H groups in total. The highest BCUT2D eigenvalue weighted by Crippen LogP contribution is 2.40. The molecule has 1 aromatic heterocycles. The van der Waals surface area contributed by atoms with Crippen LogP contribution in [-0.4, -0.2) is 89.3 Å². The van der Waals surface area contributed by atoms with Crippen molar-refractivity contribution in [2.24, 2.45) is 0 Å². The number of aromatic nitrogens is 2. The standard InChI is InChI=1S/C26H36F3N5O4S2/c1-18(36)30-20-6-11-32(12-7-20)9-3-10-34-23-8-13-33(40(2,37)38)17-21(23)25(31-34)19-4-5-22(26(27,28)29)24(16-19)39-15-14-35/h4-5,16,20,35H,3,6-15,17H2,1-2H3,(H,30,36). The van der Waals surface area contributed by atoms with Gasteiger partial charge >= 0.3 is 6.18 Å². The Labute approximate surface area is 237 Å². The van der Waals surface area contributed by atoms with E-state index < -0.39 is 21.8 Å². The molecule has 1 fully saturated rings. The fraction of sp³-hybridized carbons (Fsp3) is 0.615. The lowest BCUT2D eigenvalue weighted by molar-refractivity contribution is -0.139. The van der Waals surface area contributed by atoms with Crippen molar-refractivity contribution >= 4 is 27.7 Å². The number of sulfonamides is 1. The van der Waals surface area contributed by atoms with Crippen LogP contribution in [0.5, 0.6) is 0 Å². The van der Waals surface area contributed by atoms with Crippen molar-refractivity contribution in [2.45, 2.75) is 62.8 Å². The number of benzene rings is 1. The second-order valence-electron chi connectivity index (χ2n) is 10.3. The van der Waals surface area contributed by atoms with Crippen molar-refractivity contribution < 1.29 is 31.5 Å². The molecule has 1 amide bonds. The Kier molecular flexibility index (Phi) is 9.87. The minimum Gasteiger partial charge on any atom is -0.396 e. The van der Waals surface area contributed by atoms with Gasteiger partial charge in [0.1, 0.15) is 0 Å². The molecule has 0 bridgehead atoms. The topological polar surface area (TPSA) is 108 Å². The third-order valence-electron chi connectivity index (χ3n) is 7.32. The number of aryl methyl sites for hydroxylation is 1. The SMILES string of the molecule is CC(=O)NC1CCN(CCCn2nc(-c3ccc(C(F)(F)F)c(SCCO)c3)c3c2CCN(S(C)(=O)=O)C3)CC1. The fourth-order valence-corrected chi connectivity index (χ4v) is 7.02. The van der Waals surface area contributed by atoms with Gasteiger partial charge in [-0.3, -0.25) is 9.48 Å². The van der Waals surface area contributed by atoms with Crippen molar-refractivity contribution in [2.75, 3.05) is 44.8 Å². The van der Waals surface area contributed by atoms with E-state index >= 15 is 0 Å². The third-order valence-corrected chi connectivity index (χ3v) is 9.60. The van der Waals surface area contributed by atoms with Crippen LogP contribution < -0.4 is 5.32 Å². The van der Waals surface area contributed by atoms with Gasteiger partial charge in [0, 0.05) is 79.6 Å². The number of rotatable bonds is 10. The molecule has 40 heavy (non-hydrogen) atoms. The Morgan fingerprint density at radius 3 is 2.55 bits per heavy atom. The second-order valence-corrected chi connectivity index (χ2v) is 13.4. The third kappa shape index (κ3) is 7.58. The molecule has 0 atom stereocenters. The number of aliphatic hydroxyl groups is 1. The molecule has 2 aliphatic heterocycles. The summed E-state index contributed by atoms with van der Waals surface area (Å²) in [6.45, 7) is 4.91. The molecule has 0 saturated carbocycles. The van der Waals surface area contributed by atoms with Crippen LogP contribution in [0.1, 0.15) is 43.0 Å². The van der Waals surface area contributed by atoms with E-state index in [-0.39, 0.29) is 35.7 Å². The van der Waals surface area contributed by atoms with E-state index in [1.54, 1.807) is 0 Å². The number of hydrogen-bond donors (Lipinski definition) is 2. The maximum absolute atomic E-state index is 13.6. The highest BCUT2D eigenvalue weighted by Gasteiger charge is 2.35. The molecule has 3 heterocycles. The lowest BCUT2D eigenvalue weighted by atomic mass is 10.0. The predicted octanol–water partition coefficient (Wildman–Crippen LogP) is 2.96. The quantitative estimate of drug-likeness (QED) is 0.402. The van der Waals surface area contributed by atoms with Gasteiger partial charge in [0.05, 0.1) is 24.1 Å². The van der Waals surface area contributed by atoms with Crippen LogP contribution in [0, 0.1) is 0 Å². The maximum Gasteiger partial charge on any atom is 0.417 e. The number of carbonyl (C=O) groups is 1. The number of likely N-dealkylation sites (tertiary alicyclic amines) is 1. The first-order valence-electron chi connectivity index (χ1n) is 13.3. The minimum atomic E-state index is -4.54. The molecule has 0 spiro atoms. The number of hydrogen-bond acceptors (Lipinski definition) is 7. The molecule has 14 heteroatoms. The van der Waals surface area contributed by atoms with Crippen LogP contribution in [0.4, 0.5) is 13.2 Å². The number of fused-ring (bicyclic) bond motifs is 1. The van der Waals surface area contributed by atoms with Gasteiger partial charge in [-0.05, 0) is 37.9 Å². The normalized spacial score (nSPS) is 17.6. The Bertz CT molecular complexity index is 1310. The Morgan fingerprint density at radius 1 is 1.20 bits per heavy atom. The number of carbonyl (C=O) groups excluding carboxylic acids is 1. The van der Waals surface area contributed by atoms with Crippen molar-refractivity contribution in [1.29, 1.82) is 0 Å². The molecule has 222 valence electrons. The molecule has 9 nitrogen and oxygen atoms in total. The molecular formula is C26H36F3N5O4S2. The number of alkyl halides is 3. The fourth-order valence-electron chi connectivity index (χ4n) is 5.38. The monoisotopic (exact) mass is 603 g/mol. The van der Waals surface area contributed by atoms with Crippen LogP contribution in [0.3, 0.4) is 0 Å². The summed E-state index contributed by atoms with van der Waals surface area (Å²) in [6, 6.07) is 4.06. The van der Waals surface area contributed by atoms with E-state index in [0.29, 0.717) is 36.3 Å². The Hall–Kier alpha value is -2.13. The summed E-state index contributed by atoms with van der Waals surface area (Å²) in [6.07, 6.45) is -0.333. The summed E-state index contributed by atoms with van der Waals surface area (Å²) in [5.41, 5.74) is 1.82. The van der Waals surface area contributed by atoms with Crippen molar-refractivity contribution in [3.8, 4) is 11.3 Å². The molecule has 2 aliphatic rings. The number of halogens is 3. The van der Waals surface area contributed by atoms with Crippen LogP contribution in [0.2, 0.25) is 0 Å².